The third-order valence-corrected chi connectivity index (χ3v) is 6.96. The van der Waals surface area contributed by atoms with Gasteiger partial charge in [-0.1, -0.05) is 40.0 Å². The summed E-state index contributed by atoms with van der Waals surface area (Å²) in [7, 11) is 1.56. The van der Waals surface area contributed by atoms with Gasteiger partial charge >= 0.3 is 5.97 Å². The Balaban J connectivity index is 2.30. The maximum atomic E-state index is 11.7. The van der Waals surface area contributed by atoms with Crippen molar-refractivity contribution in [1.82, 2.24) is 0 Å². The molecular weight excluding hydrogens is 524 g/mol. The number of rotatable bonds is 20. The van der Waals surface area contributed by atoms with E-state index in [2.05, 4.69) is 20.8 Å². The molecule has 2 aliphatic heterocycles. The molecule has 8 atom stereocenters. The molecule has 11 nitrogen and oxygen atoms in total. The van der Waals surface area contributed by atoms with Crippen molar-refractivity contribution in [2.75, 3.05) is 46.8 Å². The van der Waals surface area contributed by atoms with Crippen LogP contribution in [-0.4, -0.2) is 113 Å². The zero-order valence-corrected chi connectivity index (χ0v) is 25.6. The monoisotopic (exact) mass is 578 g/mol. The number of aliphatic hydroxyl groups is 1. The van der Waals surface area contributed by atoms with Crippen LogP contribution in [0.1, 0.15) is 80.1 Å². The molecule has 40 heavy (non-hydrogen) atoms. The van der Waals surface area contributed by atoms with Crippen LogP contribution in [0.4, 0.5) is 0 Å². The van der Waals surface area contributed by atoms with Crippen molar-refractivity contribution in [2.45, 2.75) is 135 Å². The standard InChI is InChI=1S/C29H54O11/c1-8-11-14-33-25-23(19-36-20(4)31)38-28(27(35-16-13-10-3)26(25)34-15-12-9-2)37-18-22(32-7)24-21(17-30)39-29(5,6)40-24/h21-28,30H,8-19H2,1-7H3/t21-,22+,23?,24?,25-,26-,27?,28-/m0/s1. The van der Waals surface area contributed by atoms with Crippen LogP contribution in [0.3, 0.4) is 0 Å². The van der Waals surface area contributed by atoms with Crippen molar-refractivity contribution >= 4 is 5.97 Å². The molecule has 3 unspecified atom stereocenters. The zero-order chi connectivity index (χ0) is 29.5. The van der Waals surface area contributed by atoms with E-state index in [1.807, 2.05) is 0 Å². The van der Waals surface area contributed by atoms with Gasteiger partial charge in [0.15, 0.2) is 12.1 Å². The van der Waals surface area contributed by atoms with Gasteiger partial charge in [-0.25, -0.2) is 0 Å². The van der Waals surface area contributed by atoms with Gasteiger partial charge in [-0.2, -0.15) is 0 Å². The van der Waals surface area contributed by atoms with E-state index in [0.29, 0.717) is 19.8 Å². The highest BCUT2D eigenvalue weighted by Gasteiger charge is 2.50. The van der Waals surface area contributed by atoms with Gasteiger partial charge < -0.3 is 47.7 Å². The number of methoxy groups -OCH3 is 1. The molecule has 0 amide bonds. The van der Waals surface area contributed by atoms with Crippen LogP contribution >= 0.6 is 0 Å². The van der Waals surface area contributed by atoms with E-state index in [0.717, 1.165) is 38.5 Å². The van der Waals surface area contributed by atoms with Gasteiger partial charge in [-0.3, -0.25) is 4.79 Å². The van der Waals surface area contributed by atoms with Crippen molar-refractivity contribution in [1.29, 1.82) is 0 Å². The lowest BCUT2D eigenvalue weighted by molar-refractivity contribution is -0.327. The molecule has 236 valence electrons. The van der Waals surface area contributed by atoms with E-state index in [9.17, 15) is 9.90 Å². The largest absolute Gasteiger partial charge is 0.463 e. The lowest BCUT2D eigenvalue weighted by atomic mass is 9.98. The lowest BCUT2D eigenvalue weighted by Gasteiger charge is -2.46. The summed E-state index contributed by atoms with van der Waals surface area (Å²) in [5, 5.41) is 9.87. The number of unbranched alkanes of at least 4 members (excludes halogenated alkanes) is 3. The number of esters is 1. The van der Waals surface area contributed by atoms with Crippen molar-refractivity contribution < 1.29 is 52.5 Å². The lowest BCUT2D eigenvalue weighted by Crippen LogP contribution is -2.62. The van der Waals surface area contributed by atoms with Gasteiger partial charge in [-0.05, 0) is 33.1 Å². The van der Waals surface area contributed by atoms with Crippen LogP contribution in [-0.2, 0) is 47.4 Å². The molecule has 2 fully saturated rings. The van der Waals surface area contributed by atoms with Crippen molar-refractivity contribution in [2.24, 2.45) is 0 Å². The highest BCUT2D eigenvalue weighted by atomic mass is 16.8. The van der Waals surface area contributed by atoms with E-state index in [4.69, 9.17) is 42.6 Å². The third kappa shape index (κ3) is 11.1. The summed E-state index contributed by atoms with van der Waals surface area (Å²) in [5.74, 6) is -1.27. The minimum Gasteiger partial charge on any atom is -0.463 e. The summed E-state index contributed by atoms with van der Waals surface area (Å²) in [6, 6.07) is 0. The van der Waals surface area contributed by atoms with Gasteiger partial charge in [0.2, 0.25) is 0 Å². The molecule has 0 aromatic heterocycles. The molecular formula is C29H54O11. The maximum absolute atomic E-state index is 11.7. The highest BCUT2D eigenvalue weighted by molar-refractivity contribution is 5.65. The molecule has 0 aromatic carbocycles. The number of hydrogen-bond donors (Lipinski definition) is 1. The summed E-state index contributed by atoms with van der Waals surface area (Å²) in [6.07, 6.45) is 0.787. The van der Waals surface area contributed by atoms with E-state index in [1.54, 1.807) is 21.0 Å². The highest BCUT2D eigenvalue weighted by Crippen LogP contribution is 2.33. The smallest absolute Gasteiger partial charge is 0.302 e. The average Bonchev–Trinajstić information content (AvgIpc) is 3.24. The number of ether oxygens (including phenoxy) is 9. The number of carbonyl (C=O) groups excluding carboxylic acids is 1. The molecule has 0 aromatic rings. The fraction of sp³-hybridized carbons (Fsp3) is 0.966. The molecule has 2 rings (SSSR count). The normalized spacial score (nSPS) is 30.9. The predicted molar refractivity (Wildman–Crippen MR) is 147 cm³/mol. The molecule has 0 spiro atoms. The molecule has 0 saturated carbocycles. The van der Waals surface area contributed by atoms with Gasteiger partial charge in [0, 0.05) is 33.9 Å². The van der Waals surface area contributed by atoms with Crippen LogP contribution in [0.5, 0.6) is 0 Å². The van der Waals surface area contributed by atoms with E-state index >= 15 is 0 Å². The quantitative estimate of drug-likeness (QED) is 0.169. The second-order valence-corrected chi connectivity index (χ2v) is 10.8. The van der Waals surface area contributed by atoms with Gasteiger partial charge in [0.05, 0.1) is 13.2 Å². The van der Waals surface area contributed by atoms with Gasteiger partial charge in [0.25, 0.3) is 0 Å². The Morgan fingerprint density at radius 1 is 0.850 bits per heavy atom. The van der Waals surface area contributed by atoms with E-state index in [1.165, 1.54) is 6.92 Å². The Kier molecular flexibility index (Phi) is 16.4. The Bertz CT molecular complexity index is 691. The third-order valence-electron chi connectivity index (χ3n) is 6.96. The summed E-state index contributed by atoms with van der Waals surface area (Å²) in [6.45, 7) is 12.7. The first-order valence-corrected chi connectivity index (χ1v) is 15.0. The Morgan fingerprint density at radius 2 is 1.43 bits per heavy atom. The zero-order valence-electron chi connectivity index (χ0n) is 25.6. The molecule has 2 saturated heterocycles. The Morgan fingerprint density at radius 3 is 1.95 bits per heavy atom. The summed E-state index contributed by atoms with van der Waals surface area (Å²) in [5.41, 5.74) is 0. The first kappa shape index (κ1) is 35.3. The minimum absolute atomic E-state index is 0.00460. The number of aliphatic hydroxyl groups excluding tert-OH is 1. The predicted octanol–water partition coefficient (Wildman–Crippen LogP) is 3.37. The van der Waals surface area contributed by atoms with Crippen LogP contribution in [0, 0.1) is 0 Å². The second kappa shape index (κ2) is 18.6. The van der Waals surface area contributed by atoms with Crippen LogP contribution < -0.4 is 0 Å². The number of carbonyl (C=O) groups is 1. The first-order valence-electron chi connectivity index (χ1n) is 15.0. The van der Waals surface area contributed by atoms with Crippen LogP contribution in [0.15, 0.2) is 0 Å². The number of hydrogen-bond acceptors (Lipinski definition) is 11. The van der Waals surface area contributed by atoms with Crippen molar-refractivity contribution in [3.05, 3.63) is 0 Å². The second-order valence-electron chi connectivity index (χ2n) is 10.8. The van der Waals surface area contributed by atoms with Crippen LogP contribution in [0.25, 0.3) is 0 Å². The SMILES string of the molecule is CCCCOC1[C@@H](OC[C@@H](OC)C2OC(C)(C)O[C@H]2CO)OC(COC(C)=O)[C@H](OCCCC)[C@@H]1OCCCC. The fourth-order valence-electron chi connectivity index (χ4n) is 4.81. The fourth-order valence-corrected chi connectivity index (χ4v) is 4.81. The van der Waals surface area contributed by atoms with Crippen molar-refractivity contribution in [3.8, 4) is 0 Å². The van der Waals surface area contributed by atoms with E-state index < -0.39 is 60.8 Å². The molecule has 0 radical (unpaired) electrons. The van der Waals surface area contributed by atoms with Gasteiger partial charge in [-0.15, -0.1) is 0 Å². The van der Waals surface area contributed by atoms with Crippen molar-refractivity contribution in [3.63, 3.8) is 0 Å². The summed E-state index contributed by atoms with van der Waals surface area (Å²) < 4.78 is 54.8. The Hall–Kier alpha value is -0.890. The van der Waals surface area contributed by atoms with Gasteiger partial charge in [0.1, 0.15) is 49.3 Å². The molecule has 11 heteroatoms. The van der Waals surface area contributed by atoms with Crippen LogP contribution in [0.2, 0.25) is 0 Å². The molecule has 0 aliphatic carbocycles. The molecule has 2 heterocycles. The molecule has 1 N–H and O–H groups in total. The maximum Gasteiger partial charge on any atom is 0.302 e. The topological polar surface area (TPSA) is 120 Å². The molecule has 0 bridgehead atoms. The summed E-state index contributed by atoms with van der Waals surface area (Å²) in [4.78, 5) is 11.7. The summed E-state index contributed by atoms with van der Waals surface area (Å²) >= 11 is 0. The average molecular weight is 579 g/mol. The van der Waals surface area contributed by atoms with E-state index in [-0.39, 0.29) is 19.8 Å². The Labute approximate surface area is 240 Å². The molecule has 2 aliphatic rings. The minimum atomic E-state index is -0.863. The first-order chi connectivity index (χ1) is 19.2.